The number of hydrogen-bond acceptors (Lipinski definition) is 5. The number of piperazine rings is 1. The molecule has 0 radical (unpaired) electrons. The number of hydrogen-bond donors (Lipinski definition) is 0. The van der Waals surface area contributed by atoms with Crippen LogP contribution in [0, 0.1) is 5.82 Å². The molecule has 32 heavy (non-hydrogen) atoms. The number of nitrogens with zero attached hydrogens (tertiary/aromatic N) is 4. The Hall–Kier alpha value is -2.51. The first-order valence-corrected chi connectivity index (χ1v) is 12.3. The van der Waals surface area contributed by atoms with Gasteiger partial charge < -0.3 is 9.80 Å². The van der Waals surface area contributed by atoms with Gasteiger partial charge in [0.2, 0.25) is 5.91 Å². The van der Waals surface area contributed by atoms with Crippen molar-refractivity contribution in [2.24, 2.45) is 0 Å². The fraction of sp³-hybridized carbons (Fsp3) is 0.440. The summed E-state index contributed by atoms with van der Waals surface area (Å²) in [5.41, 5.74) is 3.75. The number of fused-ring (bicyclic) bond motifs is 2. The van der Waals surface area contributed by atoms with Gasteiger partial charge in [0.25, 0.3) is 0 Å². The van der Waals surface area contributed by atoms with E-state index in [2.05, 4.69) is 32.4 Å². The number of rotatable bonds is 4. The Bertz CT molecular complexity index is 1120. The SMILES string of the molecule is CC(=O)N1CCCCc2cc(CCN3CCN(c4nsc5c(F)cccc45)CC3)ccc21. The quantitative estimate of drug-likeness (QED) is 0.585. The molecule has 1 amide bonds. The lowest BCUT2D eigenvalue weighted by atomic mass is 10.0. The van der Waals surface area contributed by atoms with Crippen LogP contribution in [0.5, 0.6) is 0 Å². The lowest BCUT2D eigenvalue weighted by Crippen LogP contribution is -2.47. The Labute approximate surface area is 192 Å². The first kappa shape index (κ1) is 21.3. The van der Waals surface area contributed by atoms with E-state index in [-0.39, 0.29) is 11.7 Å². The number of amides is 1. The molecule has 0 atom stereocenters. The predicted octanol–water partition coefficient (Wildman–Crippen LogP) is 4.49. The van der Waals surface area contributed by atoms with Crippen LogP contribution in [0.2, 0.25) is 0 Å². The van der Waals surface area contributed by atoms with Crippen LogP contribution in [0.3, 0.4) is 0 Å². The minimum atomic E-state index is -0.183. The molecule has 1 aromatic heterocycles. The zero-order chi connectivity index (χ0) is 22.1. The summed E-state index contributed by atoms with van der Waals surface area (Å²) in [6.45, 7) is 7.30. The molecule has 0 bridgehead atoms. The summed E-state index contributed by atoms with van der Waals surface area (Å²) < 4.78 is 19.2. The van der Waals surface area contributed by atoms with E-state index >= 15 is 0 Å². The third-order valence-electron chi connectivity index (χ3n) is 6.71. The van der Waals surface area contributed by atoms with Crippen molar-refractivity contribution in [2.75, 3.05) is 49.1 Å². The first-order valence-electron chi connectivity index (χ1n) is 11.5. The highest BCUT2D eigenvalue weighted by Gasteiger charge is 2.22. The van der Waals surface area contributed by atoms with Crippen LogP contribution in [0.25, 0.3) is 10.1 Å². The fourth-order valence-corrected chi connectivity index (χ4v) is 5.71. The normalized spacial score (nSPS) is 17.4. The molecule has 0 unspecified atom stereocenters. The number of carbonyl (C=O) groups is 1. The average Bonchev–Trinajstić information content (AvgIpc) is 3.12. The van der Waals surface area contributed by atoms with Gasteiger partial charge in [-0.05, 0) is 66.5 Å². The smallest absolute Gasteiger partial charge is 0.223 e. The van der Waals surface area contributed by atoms with Gasteiger partial charge in [-0.15, -0.1) is 0 Å². The molecule has 5 nitrogen and oxygen atoms in total. The second-order valence-corrected chi connectivity index (χ2v) is 9.57. The van der Waals surface area contributed by atoms with Crippen LogP contribution in [0.15, 0.2) is 36.4 Å². The largest absolute Gasteiger partial charge is 0.353 e. The van der Waals surface area contributed by atoms with Crippen molar-refractivity contribution in [1.82, 2.24) is 9.27 Å². The van der Waals surface area contributed by atoms with Crippen LogP contribution in [-0.2, 0) is 17.6 Å². The summed E-state index contributed by atoms with van der Waals surface area (Å²) in [5, 5.41) is 0.924. The molecule has 0 saturated carbocycles. The van der Waals surface area contributed by atoms with Crippen LogP contribution in [-0.4, -0.2) is 54.4 Å². The van der Waals surface area contributed by atoms with E-state index in [4.69, 9.17) is 0 Å². The van der Waals surface area contributed by atoms with Crippen molar-refractivity contribution in [1.29, 1.82) is 0 Å². The second kappa shape index (κ2) is 9.16. The third-order valence-corrected chi connectivity index (χ3v) is 7.57. The van der Waals surface area contributed by atoms with E-state index in [1.807, 2.05) is 11.0 Å². The summed E-state index contributed by atoms with van der Waals surface area (Å²) in [4.78, 5) is 18.7. The van der Waals surface area contributed by atoms with E-state index < -0.39 is 0 Å². The Morgan fingerprint density at radius 3 is 2.75 bits per heavy atom. The molecule has 2 aliphatic heterocycles. The lowest BCUT2D eigenvalue weighted by Gasteiger charge is -2.35. The van der Waals surface area contributed by atoms with Crippen molar-refractivity contribution < 1.29 is 9.18 Å². The topological polar surface area (TPSA) is 39.7 Å². The molecule has 168 valence electrons. The third kappa shape index (κ3) is 4.24. The van der Waals surface area contributed by atoms with Crippen molar-refractivity contribution >= 4 is 39.0 Å². The van der Waals surface area contributed by atoms with E-state index in [9.17, 15) is 9.18 Å². The fourth-order valence-electron chi connectivity index (χ4n) is 4.91. The monoisotopic (exact) mass is 452 g/mol. The van der Waals surface area contributed by atoms with Crippen LogP contribution in [0.4, 0.5) is 15.9 Å². The van der Waals surface area contributed by atoms with Crippen molar-refractivity contribution in [3.8, 4) is 0 Å². The second-order valence-electron chi connectivity index (χ2n) is 8.79. The summed E-state index contributed by atoms with van der Waals surface area (Å²) in [5.74, 6) is 0.872. The Kier molecular flexibility index (Phi) is 6.11. The molecule has 2 aliphatic rings. The van der Waals surface area contributed by atoms with Gasteiger partial charge in [0, 0.05) is 57.3 Å². The molecular formula is C25H29FN4OS. The molecule has 0 N–H and O–H groups in total. The van der Waals surface area contributed by atoms with E-state index in [1.165, 1.54) is 28.7 Å². The van der Waals surface area contributed by atoms with Gasteiger partial charge in [-0.25, -0.2) is 4.39 Å². The van der Waals surface area contributed by atoms with Crippen molar-refractivity contribution in [2.45, 2.75) is 32.6 Å². The van der Waals surface area contributed by atoms with Crippen molar-refractivity contribution in [3.05, 3.63) is 53.3 Å². The van der Waals surface area contributed by atoms with Gasteiger partial charge in [-0.3, -0.25) is 9.69 Å². The number of aryl methyl sites for hydroxylation is 1. The van der Waals surface area contributed by atoms with E-state index in [0.717, 1.165) is 81.8 Å². The minimum absolute atomic E-state index is 0.134. The van der Waals surface area contributed by atoms with Crippen LogP contribution >= 0.6 is 11.5 Å². The number of halogens is 1. The van der Waals surface area contributed by atoms with Crippen LogP contribution in [0.1, 0.15) is 30.9 Å². The Morgan fingerprint density at radius 2 is 1.94 bits per heavy atom. The first-order chi connectivity index (χ1) is 15.6. The van der Waals surface area contributed by atoms with Crippen molar-refractivity contribution in [3.63, 3.8) is 0 Å². The maximum absolute atomic E-state index is 14.0. The highest BCUT2D eigenvalue weighted by atomic mass is 32.1. The number of carbonyl (C=O) groups excluding carboxylic acids is 1. The molecule has 5 rings (SSSR count). The molecule has 1 saturated heterocycles. The minimum Gasteiger partial charge on any atom is -0.353 e. The molecule has 3 heterocycles. The van der Waals surface area contributed by atoms with Gasteiger partial charge in [0.05, 0.1) is 4.70 Å². The molecule has 7 heteroatoms. The number of benzene rings is 2. The zero-order valence-corrected chi connectivity index (χ0v) is 19.3. The highest BCUT2D eigenvalue weighted by molar-refractivity contribution is 7.13. The molecule has 3 aromatic rings. The van der Waals surface area contributed by atoms with Gasteiger partial charge in [0.15, 0.2) is 0 Å². The highest BCUT2D eigenvalue weighted by Crippen LogP contribution is 2.32. The molecular weight excluding hydrogens is 423 g/mol. The van der Waals surface area contributed by atoms with E-state index in [0.29, 0.717) is 4.70 Å². The molecule has 0 aliphatic carbocycles. The zero-order valence-electron chi connectivity index (χ0n) is 18.5. The standard InChI is InChI=1S/C25H29FN4OS/c1-18(31)30-11-3-2-5-20-17-19(8-9-23(20)30)10-12-28-13-15-29(16-14-28)25-21-6-4-7-22(26)24(21)32-27-25/h4,6-9,17H,2-3,5,10-16H2,1H3. The number of aromatic nitrogens is 1. The molecule has 2 aromatic carbocycles. The van der Waals surface area contributed by atoms with Gasteiger partial charge >= 0.3 is 0 Å². The summed E-state index contributed by atoms with van der Waals surface area (Å²) in [6.07, 6.45) is 4.26. The summed E-state index contributed by atoms with van der Waals surface area (Å²) >= 11 is 1.25. The number of anilines is 2. The maximum Gasteiger partial charge on any atom is 0.223 e. The lowest BCUT2D eigenvalue weighted by molar-refractivity contribution is -0.116. The van der Waals surface area contributed by atoms with Gasteiger partial charge in [-0.2, -0.15) is 4.37 Å². The Balaban J connectivity index is 1.20. The maximum atomic E-state index is 14.0. The van der Waals surface area contributed by atoms with Crippen LogP contribution < -0.4 is 9.80 Å². The summed E-state index contributed by atoms with van der Waals surface area (Å²) in [6, 6.07) is 11.9. The molecule has 0 spiro atoms. The molecule has 1 fully saturated rings. The average molecular weight is 453 g/mol. The Morgan fingerprint density at radius 1 is 1.09 bits per heavy atom. The van der Waals surface area contributed by atoms with E-state index in [1.54, 1.807) is 13.0 Å². The van der Waals surface area contributed by atoms with Gasteiger partial charge in [0.1, 0.15) is 11.6 Å². The van der Waals surface area contributed by atoms with Gasteiger partial charge in [-0.1, -0.05) is 18.2 Å². The summed E-state index contributed by atoms with van der Waals surface area (Å²) in [7, 11) is 0. The predicted molar refractivity (Wildman–Crippen MR) is 129 cm³/mol.